The highest BCUT2D eigenvalue weighted by molar-refractivity contribution is 7.91. The largest absolute Gasteiger partial charge is 0.356 e. The zero-order valence-electron chi connectivity index (χ0n) is 13.9. The molecule has 0 unspecified atom stereocenters. The van der Waals surface area contributed by atoms with Gasteiger partial charge in [-0.1, -0.05) is 6.07 Å². The summed E-state index contributed by atoms with van der Waals surface area (Å²) in [7, 11) is -3.48. The Kier molecular flexibility index (Phi) is 5.87. The maximum absolute atomic E-state index is 12.6. The Labute approximate surface area is 151 Å². The van der Waals surface area contributed by atoms with Crippen LogP contribution in [0.5, 0.6) is 0 Å². The molecule has 1 aliphatic heterocycles. The van der Waals surface area contributed by atoms with E-state index < -0.39 is 10.0 Å². The van der Waals surface area contributed by atoms with Crippen LogP contribution in [-0.4, -0.2) is 47.8 Å². The average Bonchev–Trinajstić information content (AvgIpc) is 3.32. The first-order valence-corrected chi connectivity index (χ1v) is 10.7. The summed E-state index contributed by atoms with van der Waals surface area (Å²) in [4.78, 5) is 16.3. The normalized spacial score (nSPS) is 19.0. The van der Waals surface area contributed by atoms with Crippen LogP contribution in [0.2, 0.25) is 0 Å². The predicted octanol–water partition coefficient (Wildman–Crippen LogP) is 1.55. The molecule has 1 aliphatic rings. The number of piperidine rings is 1. The summed E-state index contributed by atoms with van der Waals surface area (Å²) in [5.41, 5.74) is 0. The van der Waals surface area contributed by atoms with E-state index in [1.54, 1.807) is 30.0 Å². The standard InChI is InChI=1S/C16H22N4O3S2/c21-16(18-6-3-8-19-10-7-17-13-19)14-4-1-9-20(12-14)25(22,23)15-5-2-11-24-15/h2,5,7,10-11,13-14H,1,3-4,6,8-9,12H2,(H,18,21)/t14-/m0/s1. The molecule has 3 heterocycles. The van der Waals surface area contributed by atoms with Gasteiger partial charge in [-0.15, -0.1) is 11.3 Å². The molecule has 7 nitrogen and oxygen atoms in total. The van der Waals surface area contributed by atoms with Crippen molar-refractivity contribution in [2.45, 2.75) is 30.0 Å². The number of aryl methyl sites for hydroxylation is 1. The quantitative estimate of drug-likeness (QED) is 0.737. The van der Waals surface area contributed by atoms with E-state index >= 15 is 0 Å². The molecule has 1 atom stereocenters. The average molecular weight is 383 g/mol. The van der Waals surface area contributed by atoms with Gasteiger partial charge in [0.05, 0.1) is 12.2 Å². The van der Waals surface area contributed by atoms with Crippen molar-refractivity contribution in [3.8, 4) is 0 Å². The Morgan fingerprint density at radius 3 is 3.04 bits per heavy atom. The Bertz CT molecular complexity index is 772. The third-order valence-electron chi connectivity index (χ3n) is 4.30. The molecular weight excluding hydrogens is 360 g/mol. The third kappa shape index (κ3) is 4.47. The fourth-order valence-corrected chi connectivity index (χ4v) is 5.62. The number of imidazole rings is 1. The van der Waals surface area contributed by atoms with E-state index in [9.17, 15) is 13.2 Å². The summed E-state index contributed by atoms with van der Waals surface area (Å²) in [6.07, 6.45) is 7.60. The summed E-state index contributed by atoms with van der Waals surface area (Å²) in [6, 6.07) is 3.34. The van der Waals surface area contributed by atoms with Crippen LogP contribution in [0.3, 0.4) is 0 Å². The molecule has 0 aromatic carbocycles. The molecule has 2 aromatic heterocycles. The maximum Gasteiger partial charge on any atom is 0.252 e. The predicted molar refractivity (Wildman–Crippen MR) is 95.7 cm³/mol. The molecule has 0 saturated carbocycles. The van der Waals surface area contributed by atoms with E-state index in [1.165, 1.54) is 15.6 Å². The van der Waals surface area contributed by atoms with Crippen molar-refractivity contribution in [1.29, 1.82) is 0 Å². The fourth-order valence-electron chi connectivity index (χ4n) is 2.95. The lowest BCUT2D eigenvalue weighted by molar-refractivity contribution is -0.126. The highest BCUT2D eigenvalue weighted by atomic mass is 32.2. The molecule has 0 spiro atoms. The minimum absolute atomic E-state index is 0.0586. The Balaban J connectivity index is 1.49. The lowest BCUT2D eigenvalue weighted by Gasteiger charge is -2.30. The third-order valence-corrected chi connectivity index (χ3v) is 7.53. The van der Waals surface area contributed by atoms with Crippen LogP contribution in [0.15, 0.2) is 40.4 Å². The van der Waals surface area contributed by atoms with Gasteiger partial charge in [0.15, 0.2) is 0 Å². The fraction of sp³-hybridized carbons (Fsp3) is 0.500. The molecular formula is C16H22N4O3S2. The van der Waals surface area contributed by atoms with Gasteiger partial charge in [0.1, 0.15) is 4.21 Å². The Hall–Kier alpha value is -1.71. The van der Waals surface area contributed by atoms with Gasteiger partial charge in [0.25, 0.3) is 10.0 Å². The molecule has 0 bridgehead atoms. The van der Waals surface area contributed by atoms with E-state index in [-0.39, 0.29) is 18.4 Å². The number of carbonyl (C=O) groups is 1. The summed E-state index contributed by atoms with van der Waals surface area (Å²) >= 11 is 1.21. The minimum atomic E-state index is -3.48. The molecule has 1 amide bonds. The molecule has 3 rings (SSSR count). The zero-order chi connectivity index (χ0) is 17.7. The van der Waals surface area contributed by atoms with E-state index in [0.717, 1.165) is 19.4 Å². The van der Waals surface area contributed by atoms with Crippen molar-refractivity contribution >= 4 is 27.3 Å². The molecule has 136 valence electrons. The lowest BCUT2D eigenvalue weighted by atomic mass is 9.99. The van der Waals surface area contributed by atoms with E-state index in [4.69, 9.17) is 0 Å². The minimum Gasteiger partial charge on any atom is -0.356 e. The topological polar surface area (TPSA) is 84.3 Å². The number of carbonyl (C=O) groups excluding carboxylic acids is 1. The van der Waals surface area contributed by atoms with E-state index in [2.05, 4.69) is 10.3 Å². The van der Waals surface area contributed by atoms with Crippen LogP contribution >= 0.6 is 11.3 Å². The number of hydrogen-bond acceptors (Lipinski definition) is 5. The molecule has 0 aliphatic carbocycles. The van der Waals surface area contributed by atoms with Crippen LogP contribution in [0.4, 0.5) is 0 Å². The molecule has 9 heteroatoms. The Morgan fingerprint density at radius 1 is 1.44 bits per heavy atom. The molecule has 1 N–H and O–H groups in total. The number of nitrogens with one attached hydrogen (secondary N) is 1. The first-order valence-electron chi connectivity index (χ1n) is 8.34. The molecule has 2 aromatic rings. The molecule has 0 radical (unpaired) electrons. The van der Waals surface area contributed by atoms with Crippen LogP contribution < -0.4 is 5.32 Å². The monoisotopic (exact) mass is 382 g/mol. The zero-order valence-corrected chi connectivity index (χ0v) is 15.5. The van der Waals surface area contributed by atoms with Crippen LogP contribution in [-0.2, 0) is 21.4 Å². The van der Waals surface area contributed by atoms with Crippen molar-refractivity contribution in [3.63, 3.8) is 0 Å². The highest BCUT2D eigenvalue weighted by Gasteiger charge is 2.33. The summed E-state index contributed by atoms with van der Waals surface area (Å²) < 4.78 is 29.0. The van der Waals surface area contributed by atoms with E-state index in [0.29, 0.717) is 23.7 Å². The number of aromatic nitrogens is 2. The summed E-state index contributed by atoms with van der Waals surface area (Å²) in [6.45, 7) is 2.10. The second-order valence-electron chi connectivity index (χ2n) is 6.08. The number of nitrogens with zero attached hydrogens (tertiary/aromatic N) is 3. The van der Waals surface area contributed by atoms with Crippen molar-refractivity contribution in [1.82, 2.24) is 19.2 Å². The van der Waals surface area contributed by atoms with Gasteiger partial charge in [-0.25, -0.2) is 13.4 Å². The SMILES string of the molecule is O=C(NCCCn1ccnc1)[C@H]1CCCN(S(=O)(=O)c2cccs2)C1. The van der Waals surface area contributed by atoms with Gasteiger partial charge in [-0.05, 0) is 30.7 Å². The molecule has 1 saturated heterocycles. The van der Waals surface area contributed by atoms with Crippen LogP contribution in [0.25, 0.3) is 0 Å². The van der Waals surface area contributed by atoms with Crippen molar-refractivity contribution < 1.29 is 13.2 Å². The van der Waals surface area contributed by atoms with Gasteiger partial charge < -0.3 is 9.88 Å². The van der Waals surface area contributed by atoms with Crippen molar-refractivity contribution in [2.75, 3.05) is 19.6 Å². The molecule has 25 heavy (non-hydrogen) atoms. The van der Waals surface area contributed by atoms with Crippen LogP contribution in [0, 0.1) is 5.92 Å². The number of hydrogen-bond donors (Lipinski definition) is 1. The van der Waals surface area contributed by atoms with Crippen molar-refractivity contribution in [3.05, 3.63) is 36.2 Å². The van der Waals surface area contributed by atoms with Gasteiger partial charge in [0.2, 0.25) is 5.91 Å². The maximum atomic E-state index is 12.6. The van der Waals surface area contributed by atoms with Gasteiger partial charge in [-0.3, -0.25) is 4.79 Å². The number of rotatable bonds is 7. The first kappa shape index (κ1) is 18.1. The number of thiophene rings is 1. The van der Waals surface area contributed by atoms with Crippen molar-refractivity contribution in [2.24, 2.45) is 5.92 Å². The first-order chi connectivity index (χ1) is 12.1. The number of amides is 1. The Morgan fingerprint density at radius 2 is 2.32 bits per heavy atom. The second kappa shape index (κ2) is 8.11. The summed E-state index contributed by atoms with van der Waals surface area (Å²) in [5.74, 6) is -0.339. The van der Waals surface area contributed by atoms with Gasteiger partial charge >= 0.3 is 0 Å². The smallest absolute Gasteiger partial charge is 0.252 e. The molecule has 1 fully saturated rings. The second-order valence-corrected chi connectivity index (χ2v) is 9.19. The van der Waals surface area contributed by atoms with Crippen LogP contribution in [0.1, 0.15) is 19.3 Å². The van der Waals surface area contributed by atoms with E-state index in [1.807, 2.05) is 10.8 Å². The lowest BCUT2D eigenvalue weighted by Crippen LogP contribution is -2.45. The van der Waals surface area contributed by atoms with Gasteiger partial charge in [-0.2, -0.15) is 4.31 Å². The number of sulfonamides is 1. The van der Waals surface area contributed by atoms with Gasteiger partial charge in [0, 0.05) is 38.6 Å². The highest BCUT2D eigenvalue weighted by Crippen LogP contribution is 2.26. The summed E-state index contributed by atoms with van der Waals surface area (Å²) in [5, 5.41) is 4.68.